The molecule has 19 heavy (non-hydrogen) atoms. The molecule has 0 spiro atoms. The molecule has 4 heteroatoms. The number of nitrogens with one attached hydrogen (secondary N) is 1. The van der Waals surface area contributed by atoms with Gasteiger partial charge in [0.15, 0.2) is 0 Å². The number of pyridine rings is 1. The van der Waals surface area contributed by atoms with Crippen molar-refractivity contribution in [3.8, 4) is 5.75 Å². The molecule has 1 rings (SSSR count). The molecule has 0 bridgehead atoms. The molecule has 4 nitrogen and oxygen atoms in total. The maximum Gasteiger partial charge on any atom is 0.127 e. The normalized spacial score (nSPS) is 11.3. The zero-order valence-corrected chi connectivity index (χ0v) is 12.9. The third-order valence-electron chi connectivity index (χ3n) is 2.79. The van der Waals surface area contributed by atoms with Crippen LogP contribution in [-0.4, -0.2) is 43.2 Å². The van der Waals surface area contributed by atoms with E-state index in [2.05, 4.69) is 43.1 Å². The smallest absolute Gasteiger partial charge is 0.127 e. The van der Waals surface area contributed by atoms with E-state index in [0.29, 0.717) is 6.04 Å². The minimum absolute atomic E-state index is 0.461. The highest BCUT2D eigenvalue weighted by Crippen LogP contribution is 2.19. The molecule has 0 amide bonds. The number of aromatic nitrogens is 1. The molecule has 0 atom stereocenters. The summed E-state index contributed by atoms with van der Waals surface area (Å²) in [4.78, 5) is 6.51. The van der Waals surface area contributed by atoms with Gasteiger partial charge >= 0.3 is 0 Å². The summed E-state index contributed by atoms with van der Waals surface area (Å²) < 4.78 is 5.89. The van der Waals surface area contributed by atoms with Gasteiger partial charge in [0.05, 0.1) is 6.61 Å². The van der Waals surface area contributed by atoms with Gasteiger partial charge in [-0.15, -0.1) is 0 Å². The van der Waals surface area contributed by atoms with Crippen molar-refractivity contribution < 1.29 is 4.74 Å². The summed E-state index contributed by atoms with van der Waals surface area (Å²) in [7, 11) is 4.16. The number of rotatable bonds is 8. The van der Waals surface area contributed by atoms with Gasteiger partial charge in [0.2, 0.25) is 0 Å². The van der Waals surface area contributed by atoms with Gasteiger partial charge < -0.3 is 15.0 Å². The molecular formula is C15H27N3O. The van der Waals surface area contributed by atoms with Crippen LogP contribution in [0.2, 0.25) is 0 Å². The highest BCUT2D eigenvalue weighted by atomic mass is 16.5. The van der Waals surface area contributed by atoms with E-state index in [9.17, 15) is 0 Å². The van der Waals surface area contributed by atoms with Crippen LogP contribution in [0.5, 0.6) is 5.75 Å². The third kappa shape index (κ3) is 6.55. The average molecular weight is 265 g/mol. The van der Waals surface area contributed by atoms with Crippen molar-refractivity contribution in [3.05, 3.63) is 23.5 Å². The van der Waals surface area contributed by atoms with Crippen molar-refractivity contribution in [2.45, 2.75) is 39.8 Å². The van der Waals surface area contributed by atoms with Crippen molar-refractivity contribution in [3.63, 3.8) is 0 Å². The van der Waals surface area contributed by atoms with Crippen LogP contribution in [0.25, 0.3) is 0 Å². The molecule has 0 saturated carbocycles. The predicted octanol–water partition coefficient (Wildman–Crippen LogP) is 2.22. The van der Waals surface area contributed by atoms with Crippen LogP contribution < -0.4 is 10.1 Å². The molecule has 0 radical (unpaired) electrons. The maximum atomic E-state index is 5.89. The zero-order chi connectivity index (χ0) is 14.3. The van der Waals surface area contributed by atoms with Crippen LogP contribution in [0.4, 0.5) is 0 Å². The predicted molar refractivity (Wildman–Crippen MR) is 79.6 cm³/mol. The van der Waals surface area contributed by atoms with E-state index in [4.69, 9.17) is 4.74 Å². The first-order chi connectivity index (χ1) is 8.99. The van der Waals surface area contributed by atoms with Crippen LogP contribution >= 0.6 is 0 Å². The minimum Gasteiger partial charge on any atom is -0.493 e. The Balaban J connectivity index is 2.55. The Morgan fingerprint density at radius 3 is 2.74 bits per heavy atom. The molecule has 0 aromatic carbocycles. The average Bonchev–Trinajstić information content (AvgIpc) is 2.33. The lowest BCUT2D eigenvalue weighted by molar-refractivity contribution is 0.278. The van der Waals surface area contributed by atoms with Gasteiger partial charge in [-0.1, -0.05) is 13.8 Å². The second-order valence-corrected chi connectivity index (χ2v) is 5.47. The van der Waals surface area contributed by atoms with E-state index in [1.54, 1.807) is 0 Å². The molecule has 1 heterocycles. The fourth-order valence-electron chi connectivity index (χ4n) is 1.71. The Kier molecular flexibility index (Phi) is 6.81. The summed E-state index contributed by atoms with van der Waals surface area (Å²) in [6, 6.07) is 2.48. The Labute approximate surface area is 117 Å². The largest absolute Gasteiger partial charge is 0.493 e. The van der Waals surface area contributed by atoms with E-state index < -0.39 is 0 Å². The quantitative estimate of drug-likeness (QED) is 0.731. The van der Waals surface area contributed by atoms with Crippen LogP contribution in [0.15, 0.2) is 12.3 Å². The molecule has 0 aliphatic rings. The summed E-state index contributed by atoms with van der Waals surface area (Å²) >= 11 is 0. The molecule has 0 fully saturated rings. The van der Waals surface area contributed by atoms with Crippen LogP contribution in [0, 0.1) is 6.92 Å². The standard InChI is InChI=1S/C15H27N3O/c1-12(2)16-10-14-11-17-13(3)9-15(14)19-8-6-7-18(4)5/h9,11-12,16H,6-8,10H2,1-5H3. The molecule has 0 aliphatic heterocycles. The van der Waals surface area contributed by atoms with Crippen molar-refractivity contribution in [2.75, 3.05) is 27.2 Å². The fourth-order valence-corrected chi connectivity index (χ4v) is 1.71. The third-order valence-corrected chi connectivity index (χ3v) is 2.79. The first-order valence-corrected chi connectivity index (χ1v) is 6.95. The van der Waals surface area contributed by atoms with Crippen molar-refractivity contribution >= 4 is 0 Å². The van der Waals surface area contributed by atoms with E-state index >= 15 is 0 Å². The van der Waals surface area contributed by atoms with Gasteiger partial charge in [-0.05, 0) is 27.4 Å². The van der Waals surface area contributed by atoms with E-state index in [0.717, 1.165) is 43.1 Å². The van der Waals surface area contributed by atoms with Gasteiger partial charge in [-0.3, -0.25) is 4.98 Å². The topological polar surface area (TPSA) is 37.4 Å². The molecule has 0 aliphatic carbocycles. The summed E-state index contributed by atoms with van der Waals surface area (Å²) in [5.41, 5.74) is 2.13. The first-order valence-electron chi connectivity index (χ1n) is 6.95. The SMILES string of the molecule is Cc1cc(OCCCN(C)C)c(CNC(C)C)cn1. The van der Waals surface area contributed by atoms with Gasteiger partial charge in [-0.25, -0.2) is 0 Å². The van der Waals surface area contributed by atoms with Crippen molar-refractivity contribution in [1.82, 2.24) is 15.2 Å². The van der Waals surface area contributed by atoms with E-state index in [1.165, 1.54) is 0 Å². The monoisotopic (exact) mass is 265 g/mol. The Morgan fingerprint density at radius 2 is 2.11 bits per heavy atom. The highest BCUT2D eigenvalue weighted by molar-refractivity contribution is 5.32. The summed E-state index contributed by atoms with van der Waals surface area (Å²) in [5, 5.41) is 3.40. The lowest BCUT2D eigenvalue weighted by Crippen LogP contribution is -2.22. The Bertz CT molecular complexity index is 378. The second-order valence-electron chi connectivity index (χ2n) is 5.47. The van der Waals surface area contributed by atoms with Crippen LogP contribution in [0.3, 0.4) is 0 Å². The summed E-state index contributed by atoms with van der Waals surface area (Å²) in [5.74, 6) is 0.958. The lowest BCUT2D eigenvalue weighted by Gasteiger charge is -2.15. The number of hydrogen-bond acceptors (Lipinski definition) is 4. The summed E-state index contributed by atoms with van der Waals surface area (Å²) in [6.07, 6.45) is 2.94. The second kappa shape index (κ2) is 8.12. The maximum absolute atomic E-state index is 5.89. The molecular weight excluding hydrogens is 238 g/mol. The molecule has 1 N–H and O–H groups in total. The summed E-state index contributed by atoms with van der Waals surface area (Å²) in [6.45, 7) is 8.86. The molecule has 108 valence electrons. The minimum atomic E-state index is 0.461. The number of nitrogens with zero attached hydrogens (tertiary/aromatic N) is 2. The molecule has 1 aromatic rings. The zero-order valence-electron chi connectivity index (χ0n) is 12.9. The number of ether oxygens (including phenoxy) is 1. The van der Waals surface area contributed by atoms with Gasteiger partial charge in [0.1, 0.15) is 5.75 Å². The first kappa shape index (κ1) is 15.9. The molecule has 0 saturated heterocycles. The van der Waals surface area contributed by atoms with E-state index in [-0.39, 0.29) is 0 Å². The fraction of sp³-hybridized carbons (Fsp3) is 0.667. The van der Waals surface area contributed by atoms with Crippen LogP contribution in [0.1, 0.15) is 31.5 Å². The van der Waals surface area contributed by atoms with Crippen molar-refractivity contribution in [2.24, 2.45) is 0 Å². The van der Waals surface area contributed by atoms with Crippen LogP contribution in [-0.2, 0) is 6.54 Å². The van der Waals surface area contributed by atoms with Gasteiger partial charge in [0.25, 0.3) is 0 Å². The Hall–Kier alpha value is -1.13. The van der Waals surface area contributed by atoms with Gasteiger partial charge in [0, 0.05) is 42.7 Å². The van der Waals surface area contributed by atoms with Gasteiger partial charge in [-0.2, -0.15) is 0 Å². The highest BCUT2D eigenvalue weighted by Gasteiger charge is 2.06. The lowest BCUT2D eigenvalue weighted by atomic mass is 10.2. The number of aryl methyl sites for hydroxylation is 1. The van der Waals surface area contributed by atoms with Crippen molar-refractivity contribution in [1.29, 1.82) is 0 Å². The Morgan fingerprint density at radius 1 is 1.37 bits per heavy atom. The number of hydrogen-bond donors (Lipinski definition) is 1. The molecule has 1 aromatic heterocycles. The molecule has 0 unspecified atom stereocenters. The van der Waals surface area contributed by atoms with E-state index in [1.807, 2.05) is 19.2 Å².